The van der Waals surface area contributed by atoms with Gasteiger partial charge in [0, 0.05) is 16.2 Å². The summed E-state index contributed by atoms with van der Waals surface area (Å²) in [6.07, 6.45) is 1.50. The number of hydrogen-bond donors (Lipinski definition) is 2. The topological polar surface area (TPSA) is 72.0 Å². The second kappa shape index (κ2) is 5.59. The van der Waals surface area contributed by atoms with Crippen molar-refractivity contribution in [1.82, 2.24) is 4.98 Å². The van der Waals surface area contributed by atoms with Crippen molar-refractivity contribution < 1.29 is 4.74 Å². The molecule has 0 saturated carbocycles. The highest BCUT2D eigenvalue weighted by atomic mass is 79.9. The Morgan fingerprint density at radius 1 is 1.42 bits per heavy atom. The third-order valence-corrected chi connectivity index (χ3v) is 3.75. The van der Waals surface area contributed by atoms with Gasteiger partial charge >= 0.3 is 0 Å². The van der Waals surface area contributed by atoms with Crippen LogP contribution in [0.2, 0.25) is 5.02 Å². The molecule has 1 aromatic heterocycles. The van der Waals surface area contributed by atoms with E-state index in [1.54, 1.807) is 12.1 Å². The first kappa shape index (κ1) is 13.8. The second-order valence-electron chi connectivity index (χ2n) is 3.90. The molecule has 0 unspecified atom stereocenters. The molecule has 3 N–H and O–H groups in total. The van der Waals surface area contributed by atoms with Crippen molar-refractivity contribution >= 4 is 33.4 Å². The summed E-state index contributed by atoms with van der Waals surface area (Å²) in [6, 6.07) is 7.12. The Balaban J connectivity index is 2.35. The quantitative estimate of drug-likeness (QED) is 0.658. The van der Waals surface area contributed by atoms with E-state index in [1.807, 2.05) is 19.1 Å². The molecule has 0 aliphatic rings. The molecular formula is C13H11BrClN3O. The van der Waals surface area contributed by atoms with Crippen LogP contribution in [0.1, 0.15) is 11.1 Å². The van der Waals surface area contributed by atoms with Crippen molar-refractivity contribution in [3.05, 3.63) is 51.1 Å². The van der Waals surface area contributed by atoms with Crippen LogP contribution in [0.15, 0.2) is 34.9 Å². The summed E-state index contributed by atoms with van der Waals surface area (Å²) >= 11 is 9.53. The Morgan fingerprint density at radius 2 is 2.16 bits per heavy atom. The van der Waals surface area contributed by atoms with Crippen molar-refractivity contribution in [3.8, 4) is 11.6 Å². The molecule has 0 aliphatic heterocycles. The molecule has 19 heavy (non-hydrogen) atoms. The molecule has 0 fully saturated rings. The highest BCUT2D eigenvalue weighted by molar-refractivity contribution is 9.10. The first-order chi connectivity index (χ1) is 8.99. The van der Waals surface area contributed by atoms with Crippen LogP contribution in [0.25, 0.3) is 0 Å². The van der Waals surface area contributed by atoms with Gasteiger partial charge in [-0.2, -0.15) is 0 Å². The molecule has 98 valence electrons. The molecule has 0 amide bonds. The molecule has 1 heterocycles. The normalized spacial score (nSPS) is 10.3. The lowest BCUT2D eigenvalue weighted by molar-refractivity contribution is 0.462. The Labute approximate surface area is 124 Å². The number of nitrogens with two attached hydrogens (primary N) is 1. The first-order valence-electron chi connectivity index (χ1n) is 5.42. The van der Waals surface area contributed by atoms with Gasteiger partial charge in [0.1, 0.15) is 16.6 Å². The molecule has 1 aromatic carbocycles. The Hall–Kier alpha value is -1.59. The van der Waals surface area contributed by atoms with Crippen LogP contribution >= 0.6 is 27.5 Å². The van der Waals surface area contributed by atoms with Gasteiger partial charge in [-0.1, -0.05) is 27.5 Å². The summed E-state index contributed by atoms with van der Waals surface area (Å²) in [6.45, 7) is 1.96. The molecule has 0 aliphatic carbocycles. The number of nitrogens with zero attached hydrogens (tertiary/aromatic N) is 1. The fourth-order valence-electron chi connectivity index (χ4n) is 1.50. The van der Waals surface area contributed by atoms with Gasteiger partial charge in [0.2, 0.25) is 5.88 Å². The van der Waals surface area contributed by atoms with Crippen LogP contribution < -0.4 is 10.5 Å². The van der Waals surface area contributed by atoms with Gasteiger partial charge in [-0.05, 0) is 36.8 Å². The summed E-state index contributed by atoms with van der Waals surface area (Å²) < 4.78 is 6.62. The van der Waals surface area contributed by atoms with Crippen molar-refractivity contribution in [2.24, 2.45) is 5.73 Å². The maximum absolute atomic E-state index is 7.42. The van der Waals surface area contributed by atoms with Crippen LogP contribution in [-0.4, -0.2) is 10.8 Å². The zero-order valence-corrected chi connectivity index (χ0v) is 12.4. The largest absolute Gasteiger partial charge is 0.438 e. The van der Waals surface area contributed by atoms with E-state index >= 15 is 0 Å². The Kier molecular flexibility index (Phi) is 4.07. The number of ether oxygens (including phenoxy) is 1. The standard InChI is InChI=1S/C13H11BrClN3O/c1-7-6-8(2-3-10(7)14)19-13-11(15)9(12(16)17)4-5-18-13/h2-6H,1H3,(H3,16,17). The van der Waals surface area contributed by atoms with Crippen molar-refractivity contribution in [3.63, 3.8) is 0 Å². The van der Waals surface area contributed by atoms with Gasteiger partial charge < -0.3 is 10.5 Å². The number of rotatable bonds is 3. The number of aromatic nitrogens is 1. The summed E-state index contributed by atoms with van der Waals surface area (Å²) in [5, 5.41) is 7.65. The van der Waals surface area contributed by atoms with Gasteiger partial charge in [-0.25, -0.2) is 4.98 Å². The predicted molar refractivity (Wildman–Crippen MR) is 79.2 cm³/mol. The van der Waals surface area contributed by atoms with Gasteiger partial charge in [0.25, 0.3) is 0 Å². The smallest absolute Gasteiger partial charge is 0.238 e. The summed E-state index contributed by atoms with van der Waals surface area (Å²) in [4.78, 5) is 4.05. The average molecular weight is 341 g/mol. The lowest BCUT2D eigenvalue weighted by atomic mass is 10.2. The van der Waals surface area contributed by atoms with Gasteiger partial charge in [0.05, 0.1) is 0 Å². The van der Waals surface area contributed by atoms with E-state index in [0.717, 1.165) is 10.0 Å². The van der Waals surface area contributed by atoms with Gasteiger partial charge in [-0.15, -0.1) is 0 Å². The molecule has 4 nitrogen and oxygen atoms in total. The highest BCUT2D eigenvalue weighted by Gasteiger charge is 2.12. The average Bonchev–Trinajstić information content (AvgIpc) is 2.36. The molecule has 0 saturated heterocycles. The van der Waals surface area contributed by atoms with Gasteiger partial charge in [0.15, 0.2) is 0 Å². The van der Waals surface area contributed by atoms with E-state index in [4.69, 9.17) is 27.5 Å². The van der Waals surface area contributed by atoms with E-state index in [9.17, 15) is 0 Å². The SMILES string of the molecule is Cc1cc(Oc2nccc(C(=N)N)c2Cl)ccc1Br. The molecule has 2 rings (SSSR count). The van der Waals surface area contributed by atoms with Crippen LogP contribution in [0.5, 0.6) is 11.6 Å². The number of aryl methyl sites for hydroxylation is 1. The third kappa shape index (κ3) is 3.05. The summed E-state index contributed by atoms with van der Waals surface area (Å²) in [7, 11) is 0. The molecule has 0 radical (unpaired) electrons. The molecule has 0 spiro atoms. The maximum Gasteiger partial charge on any atom is 0.238 e. The molecule has 2 aromatic rings. The minimum Gasteiger partial charge on any atom is -0.438 e. The number of halogens is 2. The lowest BCUT2D eigenvalue weighted by Gasteiger charge is -2.10. The van der Waals surface area contributed by atoms with E-state index in [1.165, 1.54) is 6.20 Å². The predicted octanol–water partition coefficient (Wildman–Crippen LogP) is 3.88. The van der Waals surface area contributed by atoms with Crippen LogP contribution in [0, 0.1) is 12.3 Å². The summed E-state index contributed by atoms with van der Waals surface area (Å²) in [5.74, 6) is 0.733. The Bertz CT molecular complexity index is 646. The Morgan fingerprint density at radius 3 is 2.79 bits per heavy atom. The zero-order valence-electron chi connectivity index (χ0n) is 10.1. The van der Waals surface area contributed by atoms with Crippen molar-refractivity contribution in [2.45, 2.75) is 6.92 Å². The zero-order chi connectivity index (χ0) is 14.0. The van der Waals surface area contributed by atoms with Crippen molar-refractivity contribution in [1.29, 1.82) is 5.41 Å². The molecular weight excluding hydrogens is 330 g/mol. The van der Waals surface area contributed by atoms with E-state index in [2.05, 4.69) is 20.9 Å². The monoisotopic (exact) mass is 339 g/mol. The summed E-state index contributed by atoms with van der Waals surface area (Å²) in [5.41, 5.74) is 6.87. The number of hydrogen-bond acceptors (Lipinski definition) is 3. The fraction of sp³-hybridized carbons (Fsp3) is 0.0769. The van der Waals surface area contributed by atoms with E-state index < -0.39 is 0 Å². The molecule has 6 heteroatoms. The highest BCUT2D eigenvalue weighted by Crippen LogP contribution is 2.31. The fourth-order valence-corrected chi connectivity index (χ4v) is 1.99. The van der Waals surface area contributed by atoms with Crippen LogP contribution in [-0.2, 0) is 0 Å². The van der Waals surface area contributed by atoms with Gasteiger partial charge in [-0.3, -0.25) is 5.41 Å². The maximum atomic E-state index is 7.42. The molecule has 0 bridgehead atoms. The van der Waals surface area contributed by atoms with E-state index in [-0.39, 0.29) is 16.7 Å². The second-order valence-corrected chi connectivity index (χ2v) is 5.14. The van der Waals surface area contributed by atoms with E-state index in [0.29, 0.717) is 11.3 Å². The number of nitrogens with one attached hydrogen (secondary N) is 1. The minimum absolute atomic E-state index is 0.121. The van der Waals surface area contributed by atoms with Crippen LogP contribution in [0.4, 0.5) is 0 Å². The minimum atomic E-state index is -0.121. The number of nitrogen functional groups attached to an aromatic ring is 1. The third-order valence-electron chi connectivity index (χ3n) is 2.49. The lowest BCUT2D eigenvalue weighted by Crippen LogP contribution is -2.12. The number of amidine groups is 1. The molecule has 0 atom stereocenters. The van der Waals surface area contributed by atoms with Crippen LogP contribution in [0.3, 0.4) is 0 Å². The number of pyridine rings is 1. The number of benzene rings is 1. The first-order valence-corrected chi connectivity index (χ1v) is 6.59. The van der Waals surface area contributed by atoms with Crippen molar-refractivity contribution in [2.75, 3.05) is 0 Å².